The number of halogens is 1. The molecule has 0 saturated heterocycles. The number of amides is 1. The Bertz CT molecular complexity index is 743. The number of esters is 1. The van der Waals surface area contributed by atoms with Gasteiger partial charge in [-0.25, -0.2) is 4.79 Å². The zero-order valence-electron chi connectivity index (χ0n) is 14.6. The molecule has 25 heavy (non-hydrogen) atoms. The van der Waals surface area contributed by atoms with Gasteiger partial charge in [0.05, 0.1) is 5.56 Å². The molecule has 0 aliphatic heterocycles. The van der Waals surface area contributed by atoms with Gasteiger partial charge in [-0.05, 0) is 55.2 Å². The summed E-state index contributed by atoms with van der Waals surface area (Å²) in [6.07, 6.45) is 0.0572. The van der Waals surface area contributed by atoms with Gasteiger partial charge in [0.1, 0.15) is 0 Å². The van der Waals surface area contributed by atoms with Crippen LogP contribution in [-0.2, 0) is 9.53 Å². The molecule has 2 aromatic rings. The van der Waals surface area contributed by atoms with E-state index in [0.717, 1.165) is 17.7 Å². The summed E-state index contributed by atoms with van der Waals surface area (Å²) in [7, 11) is 0. The molecule has 2 rings (SSSR count). The van der Waals surface area contributed by atoms with E-state index in [9.17, 15) is 9.59 Å². The van der Waals surface area contributed by atoms with E-state index in [-0.39, 0.29) is 5.91 Å². The standard InChI is InChI=1S/C20H22ClNO3/c1-4-13(2)17-7-5-6-8-18(17)22-19(23)14(3)25-20(24)15-9-11-16(21)12-10-15/h5-14H,4H2,1-3H3,(H,22,23). The molecule has 0 spiro atoms. The summed E-state index contributed by atoms with van der Waals surface area (Å²) in [5, 5.41) is 3.39. The number of para-hydroxylation sites is 1. The molecule has 1 N–H and O–H groups in total. The molecule has 0 bridgehead atoms. The summed E-state index contributed by atoms with van der Waals surface area (Å²) >= 11 is 5.80. The highest BCUT2D eigenvalue weighted by Gasteiger charge is 2.20. The van der Waals surface area contributed by atoms with E-state index < -0.39 is 12.1 Å². The van der Waals surface area contributed by atoms with Crippen molar-refractivity contribution in [2.75, 3.05) is 5.32 Å². The molecular weight excluding hydrogens is 338 g/mol. The highest BCUT2D eigenvalue weighted by atomic mass is 35.5. The Hall–Kier alpha value is -2.33. The van der Waals surface area contributed by atoms with Gasteiger partial charge in [0.25, 0.3) is 5.91 Å². The maximum absolute atomic E-state index is 12.4. The van der Waals surface area contributed by atoms with Crippen LogP contribution in [0.1, 0.15) is 49.0 Å². The molecule has 2 unspecified atom stereocenters. The third-order valence-corrected chi connectivity index (χ3v) is 4.35. The fourth-order valence-corrected chi connectivity index (χ4v) is 2.49. The summed E-state index contributed by atoms with van der Waals surface area (Å²) in [4.78, 5) is 24.5. The minimum Gasteiger partial charge on any atom is -0.449 e. The molecule has 0 heterocycles. The predicted molar refractivity (Wildman–Crippen MR) is 100 cm³/mol. The Morgan fingerprint density at radius 1 is 1.08 bits per heavy atom. The zero-order valence-corrected chi connectivity index (χ0v) is 15.3. The number of carbonyl (C=O) groups excluding carboxylic acids is 2. The van der Waals surface area contributed by atoms with Gasteiger partial charge in [0.2, 0.25) is 0 Å². The first kappa shape index (κ1) is 19.0. The largest absolute Gasteiger partial charge is 0.449 e. The van der Waals surface area contributed by atoms with Crippen molar-refractivity contribution in [3.63, 3.8) is 0 Å². The van der Waals surface area contributed by atoms with E-state index in [1.165, 1.54) is 0 Å². The van der Waals surface area contributed by atoms with Crippen molar-refractivity contribution in [2.24, 2.45) is 0 Å². The van der Waals surface area contributed by atoms with Crippen molar-refractivity contribution in [1.82, 2.24) is 0 Å². The quantitative estimate of drug-likeness (QED) is 0.735. The van der Waals surface area contributed by atoms with E-state index >= 15 is 0 Å². The van der Waals surface area contributed by atoms with E-state index in [1.54, 1.807) is 31.2 Å². The molecule has 0 radical (unpaired) electrons. The van der Waals surface area contributed by atoms with Crippen molar-refractivity contribution >= 4 is 29.2 Å². The molecule has 132 valence electrons. The second-order valence-electron chi connectivity index (χ2n) is 5.94. The molecule has 0 fully saturated rings. The van der Waals surface area contributed by atoms with Crippen LogP contribution >= 0.6 is 11.6 Å². The zero-order chi connectivity index (χ0) is 18.4. The highest BCUT2D eigenvalue weighted by molar-refractivity contribution is 6.30. The van der Waals surface area contributed by atoms with Crippen LogP contribution in [0.3, 0.4) is 0 Å². The number of rotatable bonds is 6. The van der Waals surface area contributed by atoms with Crippen LogP contribution in [0.5, 0.6) is 0 Å². The molecule has 2 aromatic carbocycles. The average Bonchev–Trinajstić information content (AvgIpc) is 2.61. The molecule has 2 atom stereocenters. The molecule has 0 aromatic heterocycles. The van der Waals surface area contributed by atoms with Gasteiger partial charge in [0.15, 0.2) is 6.10 Å². The number of carbonyl (C=O) groups is 2. The molecule has 5 heteroatoms. The van der Waals surface area contributed by atoms with Crippen molar-refractivity contribution in [3.8, 4) is 0 Å². The van der Waals surface area contributed by atoms with E-state index in [2.05, 4.69) is 19.2 Å². The average molecular weight is 360 g/mol. The minimum absolute atomic E-state index is 0.323. The van der Waals surface area contributed by atoms with Crippen LogP contribution in [0.15, 0.2) is 48.5 Å². The van der Waals surface area contributed by atoms with Crippen LogP contribution in [0, 0.1) is 0 Å². The van der Waals surface area contributed by atoms with Gasteiger partial charge < -0.3 is 10.1 Å². The Labute approximate surface area is 153 Å². The Balaban J connectivity index is 2.03. The first-order chi connectivity index (χ1) is 11.9. The van der Waals surface area contributed by atoms with Gasteiger partial charge in [-0.15, -0.1) is 0 Å². The SMILES string of the molecule is CCC(C)c1ccccc1NC(=O)C(C)OC(=O)c1ccc(Cl)cc1. The number of hydrogen-bond donors (Lipinski definition) is 1. The van der Waals surface area contributed by atoms with Gasteiger partial charge in [-0.1, -0.05) is 43.6 Å². The maximum atomic E-state index is 12.4. The van der Waals surface area contributed by atoms with Crippen LogP contribution in [-0.4, -0.2) is 18.0 Å². The fraction of sp³-hybridized carbons (Fsp3) is 0.300. The number of benzene rings is 2. The van der Waals surface area contributed by atoms with E-state index in [4.69, 9.17) is 16.3 Å². The first-order valence-electron chi connectivity index (χ1n) is 8.28. The van der Waals surface area contributed by atoms with Gasteiger partial charge in [0, 0.05) is 10.7 Å². The van der Waals surface area contributed by atoms with Crippen molar-refractivity contribution in [3.05, 3.63) is 64.7 Å². The third-order valence-electron chi connectivity index (χ3n) is 4.09. The number of nitrogens with one attached hydrogen (secondary N) is 1. The number of hydrogen-bond acceptors (Lipinski definition) is 3. The van der Waals surface area contributed by atoms with Crippen molar-refractivity contribution < 1.29 is 14.3 Å². The molecule has 4 nitrogen and oxygen atoms in total. The van der Waals surface area contributed by atoms with Crippen molar-refractivity contribution in [1.29, 1.82) is 0 Å². The second-order valence-corrected chi connectivity index (χ2v) is 6.38. The summed E-state index contributed by atoms with van der Waals surface area (Å²) in [6, 6.07) is 14.0. The Morgan fingerprint density at radius 2 is 1.72 bits per heavy atom. The lowest BCUT2D eigenvalue weighted by Gasteiger charge is -2.18. The van der Waals surface area contributed by atoms with E-state index in [1.807, 2.05) is 24.3 Å². The lowest BCUT2D eigenvalue weighted by Crippen LogP contribution is -2.30. The summed E-state index contributed by atoms with van der Waals surface area (Å²) in [5.41, 5.74) is 2.16. The highest BCUT2D eigenvalue weighted by Crippen LogP contribution is 2.26. The monoisotopic (exact) mass is 359 g/mol. The smallest absolute Gasteiger partial charge is 0.338 e. The lowest BCUT2D eigenvalue weighted by atomic mass is 9.97. The van der Waals surface area contributed by atoms with Crippen LogP contribution in [0.4, 0.5) is 5.69 Å². The van der Waals surface area contributed by atoms with Gasteiger partial charge >= 0.3 is 5.97 Å². The summed E-state index contributed by atoms with van der Waals surface area (Å²) in [6.45, 7) is 5.75. The van der Waals surface area contributed by atoms with Gasteiger partial charge in [-0.2, -0.15) is 0 Å². The minimum atomic E-state index is -0.909. The second kappa shape index (κ2) is 8.67. The first-order valence-corrected chi connectivity index (χ1v) is 8.66. The van der Waals surface area contributed by atoms with Gasteiger partial charge in [-0.3, -0.25) is 4.79 Å². The normalized spacial score (nSPS) is 13.0. The lowest BCUT2D eigenvalue weighted by molar-refractivity contribution is -0.123. The van der Waals surface area contributed by atoms with Crippen LogP contribution in [0.25, 0.3) is 0 Å². The molecule has 1 amide bonds. The van der Waals surface area contributed by atoms with E-state index in [0.29, 0.717) is 16.5 Å². The molecule has 0 saturated carbocycles. The molecule has 0 aliphatic carbocycles. The fourth-order valence-electron chi connectivity index (χ4n) is 2.36. The van der Waals surface area contributed by atoms with Crippen LogP contribution in [0.2, 0.25) is 5.02 Å². The van der Waals surface area contributed by atoms with Crippen molar-refractivity contribution in [2.45, 2.75) is 39.2 Å². The summed E-state index contributed by atoms with van der Waals surface area (Å²) < 4.78 is 5.24. The maximum Gasteiger partial charge on any atom is 0.338 e. The molecular formula is C20H22ClNO3. The third kappa shape index (κ3) is 5.07. The Morgan fingerprint density at radius 3 is 2.36 bits per heavy atom. The Kier molecular flexibility index (Phi) is 6.59. The topological polar surface area (TPSA) is 55.4 Å². The molecule has 0 aliphatic rings. The predicted octanol–water partition coefficient (Wildman–Crippen LogP) is 5.04. The van der Waals surface area contributed by atoms with Crippen LogP contribution < -0.4 is 5.32 Å². The number of ether oxygens (including phenoxy) is 1. The number of anilines is 1. The summed E-state index contributed by atoms with van der Waals surface area (Å²) in [5.74, 6) is -0.601.